The number of benzene rings is 3. The predicted octanol–water partition coefficient (Wildman–Crippen LogP) is 5.12. The Morgan fingerprint density at radius 2 is 1.70 bits per heavy atom. The van der Waals surface area contributed by atoms with E-state index in [-0.39, 0.29) is 10.8 Å². The monoisotopic (exact) mass is 474 g/mol. The van der Waals surface area contributed by atoms with E-state index < -0.39 is 10.0 Å². The van der Waals surface area contributed by atoms with Gasteiger partial charge in [0.2, 0.25) is 0 Å². The number of hydrogen-bond acceptors (Lipinski definition) is 5. The second kappa shape index (κ2) is 8.53. The molecule has 9 heteroatoms. The molecule has 2 aromatic heterocycles. The maximum absolute atomic E-state index is 12.7. The van der Waals surface area contributed by atoms with Gasteiger partial charge in [-0.15, -0.1) is 11.3 Å². The zero-order valence-corrected chi connectivity index (χ0v) is 18.8. The Morgan fingerprint density at radius 3 is 2.45 bits per heavy atom. The Labute approximate surface area is 194 Å². The highest BCUT2D eigenvalue weighted by molar-refractivity contribution is 7.92. The van der Waals surface area contributed by atoms with Crippen LogP contribution in [0.15, 0.2) is 102 Å². The molecule has 5 aromatic rings. The molecule has 0 saturated heterocycles. The molecular weight excluding hydrogens is 456 g/mol. The fourth-order valence-corrected chi connectivity index (χ4v) is 5.10. The lowest BCUT2D eigenvalue weighted by molar-refractivity contribution is 0.102. The van der Waals surface area contributed by atoms with E-state index in [1.807, 2.05) is 46.4 Å². The molecule has 7 nitrogen and oxygen atoms in total. The maximum atomic E-state index is 12.7. The van der Waals surface area contributed by atoms with Crippen molar-refractivity contribution >= 4 is 43.6 Å². The molecule has 2 heterocycles. The summed E-state index contributed by atoms with van der Waals surface area (Å²) in [5, 5.41) is 4.82. The highest BCUT2D eigenvalue weighted by atomic mass is 32.2. The van der Waals surface area contributed by atoms with E-state index >= 15 is 0 Å². The molecule has 33 heavy (non-hydrogen) atoms. The quantitative estimate of drug-likeness (QED) is 0.357. The first-order valence-electron chi connectivity index (χ1n) is 10.00. The Balaban J connectivity index is 1.29. The lowest BCUT2D eigenvalue weighted by Gasteiger charge is -2.10. The van der Waals surface area contributed by atoms with Crippen molar-refractivity contribution in [2.45, 2.75) is 4.90 Å². The normalized spacial score (nSPS) is 11.4. The summed E-state index contributed by atoms with van der Waals surface area (Å²) in [6, 6.07) is 21.8. The highest BCUT2D eigenvalue weighted by Crippen LogP contribution is 2.24. The molecule has 0 atom stereocenters. The molecule has 3 aromatic carbocycles. The Hall–Kier alpha value is -3.95. The van der Waals surface area contributed by atoms with Crippen LogP contribution >= 0.6 is 11.3 Å². The van der Waals surface area contributed by atoms with Gasteiger partial charge in [-0.3, -0.25) is 13.9 Å². The number of amides is 1. The van der Waals surface area contributed by atoms with Crippen LogP contribution in [0.2, 0.25) is 0 Å². The van der Waals surface area contributed by atoms with Crippen LogP contribution in [0, 0.1) is 0 Å². The predicted molar refractivity (Wildman–Crippen MR) is 130 cm³/mol. The van der Waals surface area contributed by atoms with Gasteiger partial charge in [-0.25, -0.2) is 13.4 Å². The third-order valence-corrected chi connectivity index (χ3v) is 7.13. The van der Waals surface area contributed by atoms with Gasteiger partial charge in [0.1, 0.15) is 0 Å². The van der Waals surface area contributed by atoms with Crippen molar-refractivity contribution in [3.8, 4) is 11.3 Å². The second-order valence-electron chi connectivity index (χ2n) is 7.25. The average Bonchev–Trinajstić information content (AvgIpc) is 3.43. The van der Waals surface area contributed by atoms with Gasteiger partial charge < -0.3 is 5.32 Å². The summed E-state index contributed by atoms with van der Waals surface area (Å²) in [5.74, 6) is -0.342. The van der Waals surface area contributed by atoms with Crippen molar-refractivity contribution in [2.75, 3.05) is 10.0 Å². The number of carbonyl (C=O) groups excluding carboxylic acids is 1. The minimum Gasteiger partial charge on any atom is -0.322 e. The van der Waals surface area contributed by atoms with E-state index in [0.29, 0.717) is 16.9 Å². The minimum atomic E-state index is -3.74. The Bertz CT molecular complexity index is 1510. The molecule has 0 aliphatic heterocycles. The van der Waals surface area contributed by atoms with Gasteiger partial charge in [0.15, 0.2) is 4.96 Å². The van der Waals surface area contributed by atoms with Crippen LogP contribution < -0.4 is 10.0 Å². The molecule has 1 amide bonds. The number of sulfonamides is 1. The lowest BCUT2D eigenvalue weighted by Crippen LogP contribution is -2.15. The SMILES string of the molecule is O=C(Nc1ccc(-c2cn3ccsc3n2)cc1)c1cccc(NS(=O)(=O)c2ccccc2)c1. The standard InChI is InChI=1S/C24H18N4O3S2/c29-23(18-5-4-6-20(15-18)27-33(30,31)21-7-2-1-3-8-21)25-19-11-9-17(10-12-19)22-16-28-13-14-32-24(28)26-22/h1-16,27H,(H,25,29). The van der Waals surface area contributed by atoms with E-state index in [1.165, 1.54) is 18.2 Å². The molecule has 0 spiro atoms. The van der Waals surface area contributed by atoms with E-state index in [4.69, 9.17) is 0 Å². The van der Waals surface area contributed by atoms with Crippen molar-refractivity contribution in [3.63, 3.8) is 0 Å². The van der Waals surface area contributed by atoms with Crippen LogP contribution in [0.4, 0.5) is 11.4 Å². The first kappa shape index (κ1) is 20.9. The Morgan fingerprint density at radius 1 is 0.909 bits per heavy atom. The smallest absolute Gasteiger partial charge is 0.261 e. The number of nitrogens with zero attached hydrogens (tertiary/aromatic N) is 2. The zero-order valence-electron chi connectivity index (χ0n) is 17.2. The molecule has 5 rings (SSSR count). The van der Waals surface area contributed by atoms with Gasteiger partial charge in [-0.05, 0) is 42.5 Å². The van der Waals surface area contributed by atoms with Crippen molar-refractivity contribution in [3.05, 3.63) is 102 Å². The molecule has 0 radical (unpaired) electrons. The molecule has 0 bridgehead atoms. The topological polar surface area (TPSA) is 92.6 Å². The summed E-state index contributed by atoms with van der Waals surface area (Å²) in [7, 11) is -3.74. The van der Waals surface area contributed by atoms with E-state index in [2.05, 4.69) is 15.0 Å². The number of hydrogen-bond donors (Lipinski definition) is 2. The largest absolute Gasteiger partial charge is 0.322 e. The number of imidazole rings is 1. The van der Waals surface area contributed by atoms with E-state index in [1.54, 1.807) is 47.7 Å². The number of anilines is 2. The third kappa shape index (κ3) is 4.50. The van der Waals surface area contributed by atoms with E-state index in [9.17, 15) is 13.2 Å². The number of aromatic nitrogens is 2. The van der Waals surface area contributed by atoms with Crippen LogP contribution in [0.25, 0.3) is 16.2 Å². The van der Waals surface area contributed by atoms with Gasteiger partial charge >= 0.3 is 0 Å². The molecule has 0 aliphatic rings. The molecule has 164 valence electrons. The summed E-state index contributed by atoms with van der Waals surface area (Å²) in [6.45, 7) is 0. The number of rotatable bonds is 6. The molecule has 2 N–H and O–H groups in total. The van der Waals surface area contributed by atoms with Crippen LogP contribution in [0.1, 0.15) is 10.4 Å². The van der Waals surface area contributed by atoms with Crippen molar-refractivity contribution in [1.82, 2.24) is 9.38 Å². The summed E-state index contributed by atoms with van der Waals surface area (Å²) in [4.78, 5) is 18.4. The minimum absolute atomic E-state index is 0.150. The fraction of sp³-hybridized carbons (Fsp3) is 0. The van der Waals surface area contributed by atoms with Gasteiger partial charge in [0.25, 0.3) is 15.9 Å². The molecular formula is C24H18N4O3S2. The molecule has 0 unspecified atom stereocenters. The first-order chi connectivity index (χ1) is 16.0. The zero-order chi connectivity index (χ0) is 22.8. The number of nitrogens with one attached hydrogen (secondary N) is 2. The summed E-state index contributed by atoms with van der Waals surface area (Å²) < 4.78 is 29.6. The van der Waals surface area contributed by atoms with Gasteiger partial charge in [-0.1, -0.05) is 36.4 Å². The maximum Gasteiger partial charge on any atom is 0.261 e. The second-order valence-corrected chi connectivity index (χ2v) is 9.81. The first-order valence-corrected chi connectivity index (χ1v) is 12.4. The summed E-state index contributed by atoms with van der Waals surface area (Å²) >= 11 is 1.57. The number of carbonyl (C=O) groups is 1. The molecule has 0 saturated carbocycles. The summed E-state index contributed by atoms with van der Waals surface area (Å²) in [5.41, 5.74) is 3.07. The molecule has 0 fully saturated rings. The Kier molecular flexibility index (Phi) is 5.41. The van der Waals surface area contributed by atoms with Crippen molar-refractivity contribution < 1.29 is 13.2 Å². The van der Waals surface area contributed by atoms with E-state index in [0.717, 1.165) is 16.2 Å². The van der Waals surface area contributed by atoms with Crippen molar-refractivity contribution in [2.24, 2.45) is 0 Å². The fourth-order valence-electron chi connectivity index (χ4n) is 3.33. The third-order valence-electron chi connectivity index (χ3n) is 4.96. The average molecular weight is 475 g/mol. The number of fused-ring (bicyclic) bond motifs is 1. The van der Waals surface area contributed by atoms with Crippen molar-refractivity contribution in [1.29, 1.82) is 0 Å². The van der Waals surface area contributed by atoms with Gasteiger partial charge in [0, 0.05) is 40.3 Å². The van der Waals surface area contributed by atoms with Crippen LogP contribution in [0.5, 0.6) is 0 Å². The summed E-state index contributed by atoms with van der Waals surface area (Å²) in [6.07, 6.45) is 3.92. The molecule has 0 aliphatic carbocycles. The highest BCUT2D eigenvalue weighted by Gasteiger charge is 2.15. The number of thiazole rings is 1. The van der Waals surface area contributed by atoms with Crippen LogP contribution in [0.3, 0.4) is 0 Å². The van der Waals surface area contributed by atoms with Gasteiger partial charge in [0.05, 0.1) is 10.6 Å². The van der Waals surface area contributed by atoms with Crippen LogP contribution in [-0.2, 0) is 10.0 Å². The van der Waals surface area contributed by atoms with Gasteiger partial charge in [-0.2, -0.15) is 0 Å². The van der Waals surface area contributed by atoms with Crippen LogP contribution in [-0.4, -0.2) is 23.7 Å². The lowest BCUT2D eigenvalue weighted by atomic mass is 10.1.